The van der Waals surface area contributed by atoms with Crippen LogP contribution >= 0.6 is 0 Å². The van der Waals surface area contributed by atoms with Crippen LogP contribution in [0.4, 0.5) is 0 Å². The van der Waals surface area contributed by atoms with Gasteiger partial charge in [-0.1, -0.05) is 13.0 Å². The van der Waals surface area contributed by atoms with Gasteiger partial charge in [0.2, 0.25) is 0 Å². The second-order valence-electron chi connectivity index (χ2n) is 4.01. The molecular weight excluding hydrogens is 204 g/mol. The highest BCUT2D eigenvalue weighted by Gasteiger charge is 2.21. The van der Waals surface area contributed by atoms with Gasteiger partial charge in [-0.3, -0.25) is 9.78 Å². The summed E-state index contributed by atoms with van der Waals surface area (Å²) in [6.07, 6.45) is 2.53. The maximum atomic E-state index is 10.8. The Bertz CT molecular complexity index is 349. The molecule has 2 unspecified atom stereocenters. The maximum absolute atomic E-state index is 10.8. The van der Waals surface area contributed by atoms with Gasteiger partial charge >= 0.3 is 5.97 Å². The van der Waals surface area contributed by atoms with Crippen molar-refractivity contribution < 1.29 is 9.90 Å². The smallest absolute Gasteiger partial charge is 0.304 e. The van der Waals surface area contributed by atoms with Crippen LogP contribution in [0.5, 0.6) is 0 Å². The Morgan fingerprint density at radius 3 is 2.69 bits per heavy atom. The van der Waals surface area contributed by atoms with E-state index in [2.05, 4.69) is 4.98 Å². The molecule has 0 aliphatic rings. The largest absolute Gasteiger partial charge is 0.481 e. The molecule has 0 saturated heterocycles. The molecule has 3 N–H and O–H groups in total. The van der Waals surface area contributed by atoms with Crippen LogP contribution in [0.15, 0.2) is 18.3 Å². The first-order chi connectivity index (χ1) is 7.54. The lowest BCUT2D eigenvalue weighted by atomic mass is 9.88. The topological polar surface area (TPSA) is 76.2 Å². The number of carboxylic acid groups (broad SMARTS) is 1. The standard InChI is InChI=1S/C12H18N2O2/c1-3-11(13)10(6-12(15)16)9-5-4-8(2)14-7-9/h4-5,7,10-11H,3,6,13H2,1-2H3,(H,15,16). The number of nitrogens with zero attached hydrogens (tertiary/aromatic N) is 1. The predicted molar refractivity (Wildman–Crippen MR) is 62.2 cm³/mol. The zero-order chi connectivity index (χ0) is 12.1. The molecule has 0 aliphatic carbocycles. The molecule has 4 heteroatoms. The lowest BCUT2D eigenvalue weighted by molar-refractivity contribution is -0.137. The minimum atomic E-state index is -0.825. The number of aromatic nitrogens is 1. The molecule has 1 aromatic heterocycles. The number of carboxylic acids is 1. The van der Waals surface area contributed by atoms with Gasteiger partial charge in [0, 0.05) is 23.9 Å². The van der Waals surface area contributed by atoms with Crippen molar-refractivity contribution in [3.8, 4) is 0 Å². The Hall–Kier alpha value is -1.42. The molecule has 0 fully saturated rings. The first-order valence-electron chi connectivity index (χ1n) is 5.44. The average Bonchev–Trinajstić information content (AvgIpc) is 2.26. The molecule has 0 spiro atoms. The van der Waals surface area contributed by atoms with E-state index < -0.39 is 5.97 Å². The van der Waals surface area contributed by atoms with Crippen LogP contribution in [0.25, 0.3) is 0 Å². The molecule has 1 heterocycles. The number of pyridine rings is 1. The minimum absolute atomic E-state index is 0.0553. The molecule has 0 aliphatic heterocycles. The highest BCUT2D eigenvalue weighted by atomic mass is 16.4. The van der Waals surface area contributed by atoms with Crippen molar-refractivity contribution in [3.05, 3.63) is 29.6 Å². The summed E-state index contributed by atoms with van der Waals surface area (Å²) in [5, 5.41) is 8.87. The highest BCUT2D eigenvalue weighted by molar-refractivity contribution is 5.68. The number of rotatable bonds is 5. The van der Waals surface area contributed by atoms with Crippen LogP contribution in [0.2, 0.25) is 0 Å². The van der Waals surface area contributed by atoms with E-state index in [1.807, 2.05) is 26.0 Å². The van der Waals surface area contributed by atoms with Crippen LogP contribution in [-0.4, -0.2) is 22.1 Å². The fraction of sp³-hybridized carbons (Fsp3) is 0.500. The van der Waals surface area contributed by atoms with Crippen molar-refractivity contribution in [1.29, 1.82) is 0 Å². The number of nitrogens with two attached hydrogens (primary N) is 1. The van der Waals surface area contributed by atoms with Gasteiger partial charge in [0.05, 0.1) is 6.42 Å². The third kappa shape index (κ3) is 3.31. The van der Waals surface area contributed by atoms with E-state index >= 15 is 0 Å². The summed E-state index contributed by atoms with van der Waals surface area (Å²) in [6.45, 7) is 3.86. The summed E-state index contributed by atoms with van der Waals surface area (Å²) in [6, 6.07) is 3.65. The first-order valence-corrected chi connectivity index (χ1v) is 5.44. The Morgan fingerprint density at radius 2 is 2.25 bits per heavy atom. The molecule has 1 rings (SSSR count). The van der Waals surface area contributed by atoms with Crippen molar-refractivity contribution in [2.75, 3.05) is 0 Å². The molecule has 2 atom stereocenters. The monoisotopic (exact) mass is 222 g/mol. The molecule has 0 radical (unpaired) electrons. The molecule has 4 nitrogen and oxygen atoms in total. The first kappa shape index (κ1) is 12.6. The maximum Gasteiger partial charge on any atom is 0.304 e. The van der Waals surface area contributed by atoms with Crippen LogP contribution in [-0.2, 0) is 4.79 Å². The van der Waals surface area contributed by atoms with Gasteiger partial charge in [-0.25, -0.2) is 0 Å². The van der Waals surface area contributed by atoms with Gasteiger partial charge in [0.1, 0.15) is 0 Å². The van der Waals surface area contributed by atoms with Crippen LogP contribution in [0, 0.1) is 6.92 Å². The quantitative estimate of drug-likeness (QED) is 0.794. The Kier molecular flexibility index (Phi) is 4.43. The number of hydrogen-bond acceptors (Lipinski definition) is 3. The summed E-state index contributed by atoms with van der Waals surface area (Å²) >= 11 is 0. The van der Waals surface area contributed by atoms with Gasteiger partial charge in [-0.05, 0) is 25.0 Å². The second kappa shape index (κ2) is 5.61. The lowest BCUT2D eigenvalue weighted by Gasteiger charge is -2.21. The predicted octanol–water partition coefficient (Wildman–Crippen LogP) is 1.69. The minimum Gasteiger partial charge on any atom is -0.481 e. The lowest BCUT2D eigenvalue weighted by Crippen LogP contribution is -2.29. The van der Waals surface area contributed by atoms with E-state index in [0.29, 0.717) is 0 Å². The van der Waals surface area contributed by atoms with Gasteiger partial charge in [0.25, 0.3) is 0 Å². The molecular formula is C12H18N2O2. The van der Waals surface area contributed by atoms with Gasteiger partial charge < -0.3 is 10.8 Å². The Morgan fingerprint density at radius 1 is 1.56 bits per heavy atom. The van der Waals surface area contributed by atoms with Gasteiger partial charge in [-0.15, -0.1) is 0 Å². The molecule has 16 heavy (non-hydrogen) atoms. The van der Waals surface area contributed by atoms with E-state index in [-0.39, 0.29) is 18.4 Å². The van der Waals surface area contributed by atoms with E-state index in [1.54, 1.807) is 6.20 Å². The summed E-state index contributed by atoms with van der Waals surface area (Å²) in [5.41, 5.74) is 7.77. The SMILES string of the molecule is CCC(N)C(CC(=O)O)c1ccc(C)nc1. The van der Waals surface area contributed by atoms with Crippen molar-refractivity contribution in [1.82, 2.24) is 4.98 Å². The van der Waals surface area contributed by atoms with Gasteiger partial charge in [-0.2, -0.15) is 0 Å². The number of aryl methyl sites for hydroxylation is 1. The van der Waals surface area contributed by atoms with Gasteiger partial charge in [0.15, 0.2) is 0 Å². The number of carbonyl (C=O) groups is 1. The van der Waals surface area contributed by atoms with Crippen molar-refractivity contribution in [2.24, 2.45) is 5.73 Å². The molecule has 0 amide bonds. The van der Waals surface area contributed by atoms with Crippen molar-refractivity contribution >= 4 is 5.97 Å². The molecule has 88 valence electrons. The fourth-order valence-corrected chi connectivity index (χ4v) is 1.69. The fourth-order valence-electron chi connectivity index (χ4n) is 1.69. The average molecular weight is 222 g/mol. The Labute approximate surface area is 95.5 Å². The second-order valence-corrected chi connectivity index (χ2v) is 4.01. The zero-order valence-corrected chi connectivity index (χ0v) is 9.68. The van der Waals surface area contributed by atoms with E-state index in [4.69, 9.17) is 10.8 Å². The van der Waals surface area contributed by atoms with Crippen LogP contribution in [0.3, 0.4) is 0 Å². The summed E-state index contributed by atoms with van der Waals surface area (Å²) in [7, 11) is 0. The highest BCUT2D eigenvalue weighted by Crippen LogP contribution is 2.23. The molecule has 0 bridgehead atoms. The third-order valence-electron chi connectivity index (χ3n) is 2.75. The summed E-state index contributed by atoms with van der Waals surface area (Å²) in [5.74, 6) is -0.981. The summed E-state index contributed by atoms with van der Waals surface area (Å²) < 4.78 is 0. The van der Waals surface area contributed by atoms with E-state index in [0.717, 1.165) is 17.7 Å². The summed E-state index contributed by atoms with van der Waals surface area (Å²) in [4.78, 5) is 15.0. The molecule has 1 aromatic rings. The number of aliphatic carboxylic acids is 1. The number of hydrogen-bond donors (Lipinski definition) is 2. The Balaban J connectivity index is 2.91. The van der Waals surface area contributed by atoms with Crippen molar-refractivity contribution in [2.45, 2.75) is 38.6 Å². The third-order valence-corrected chi connectivity index (χ3v) is 2.75. The van der Waals surface area contributed by atoms with Crippen LogP contribution in [0.1, 0.15) is 36.9 Å². The normalized spacial score (nSPS) is 14.4. The zero-order valence-electron chi connectivity index (χ0n) is 9.68. The van der Waals surface area contributed by atoms with Crippen LogP contribution < -0.4 is 5.73 Å². The van der Waals surface area contributed by atoms with E-state index in [9.17, 15) is 4.79 Å². The molecule has 0 saturated carbocycles. The molecule has 0 aromatic carbocycles. The van der Waals surface area contributed by atoms with Crippen molar-refractivity contribution in [3.63, 3.8) is 0 Å². The van der Waals surface area contributed by atoms with E-state index in [1.165, 1.54) is 0 Å².